The molecule has 0 aromatic carbocycles. The Morgan fingerprint density at radius 3 is 1.56 bits per heavy atom. The third-order valence-corrected chi connectivity index (χ3v) is 4.05. The zero-order valence-electron chi connectivity index (χ0n) is 16.0. The van der Waals surface area contributed by atoms with Gasteiger partial charge < -0.3 is 23.7 Å². The second-order valence-electron chi connectivity index (χ2n) is 6.09. The van der Waals surface area contributed by atoms with Gasteiger partial charge in [0.15, 0.2) is 0 Å². The molecule has 0 N–H and O–H groups in total. The van der Waals surface area contributed by atoms with Gasteiger partial charge in [0, 0.05) is 0 Å². The van der Waals surface area contributed by atoms with Crippen LogP contribution >= 0.6 is 0 Å². The second kappa shape index (κ2) is 13.6. The van der Waals surface area contributed by atoms with Crippen molar-refractivity contribution in [3.63, 3.8) is 0 Å². The number of pyridine rings is 1. The summed E-state index contributed by atoms with van der Waals surface area (Å²) in [7, 11) is 0. The van der Waals surface area contributed by atoms with Gasteiger partial charge in [0.1, 0.15) is 12.2 Å². The Morgan fingerprint density at radius 2 is 1.15 bits per heavy atom. The van der Waals surface area contributed by atoms with Crippen molar-refractivity contribution < 1.29 is 23.7 Å². The average Bonchev–Trinajstić information content (AvgIpc) is 2.69. The number of aromatic nitrogens is 1. The van der Waals surface area contributed by atoms with E-state index in [4.69, 9.17) is 28.7 Å². The molecule has 2 unspecified atom stereocenters. The van der Waals surface area contributed by atoms with Crippen LogP contribution in [0.4, 0.5) is 0 Å². The zero-order valence-corrected chi connectivity index (χ0v) is 16.0. The molecule has 1 aliphatic heterocycles. The van der Waals surface area contributed by atoms with E-state index in [2.05, 4.69) is 13.2 Å². The quantitative estimate of drug-likeness (QED) is 0.750. The highest BCUT2D eigenvalue weighted by molar-refractivity contribution is 5.16. The van der Waals surface area contributed by atoms with Crippen LogP contribution in [-0.4, -0.2) is 57.8 Å². The predicted octanol–water partition coefficient (Wildman–Crippen LogP) is 3.41. The lowest BCUT2D eigenvalue weighted by atomic mass is 10.1. The lowest BCUT2D eigenvalue weighted by Crippen LogP contribution is -2.17. The van der Waals surface area contributed by atoms with Crippen molar-refractivity contribution in [1.29, 1.82) is 0 Å². The van der Waals surface area contributed by atoms with Gasteiger partial charge in [-0.3, -0.25) is 4.98 Å². The minimum atomic E-state index is -0.158. The van der Waals surface area contributed by atoms with E-state index in [0.29, 0.717) is 65.7 Å². The molecule has 0 radical (unpaired) electrons. The molecule has 2 heterocycles. The molecule has 0 aliphatic carbocycles. The van der Waals surface area contributed by atoms with Crippen LogP contribution < -0.4 is 0 Å². The molecule has 150 valence electrons. The lowest BCUT2D eigenvalue weighted by Gasteiger charge is -2.20. The topological polar surface area (TPSA) is 59.0 Å². The standard InChI is InChI=1S/C21H31NO5/c1-3-6-20-18-8-5-9-19(22-18)21(7-4-2)27-17-15-25-13-11-23-10-12-24-14-16-26-20/h3-5,8-9,20-21H,1-2,6-7,10-17H2. The maximum atomic E-state index is 5.98. The first-order chi connectivity index (χ1) is 13.3. The third kappa shape index (κ3) is 8.32. The van der Waals surface area contributed by atoms with Crippen LogP contribution in [0.25, 0.3) is 0 Å². The van der Waals surface area contributed by atoms with Gasteiger partial charge in [-0.25, -0.2) is 0 Å². The van der Waals surface area contributed by atoms with E-state index in [1.165, 1.54) is 0 Å². The molecule has 6 heteroatoms. The molecule has 0 saturated carbocycles. The van der Waals surface area contributed by atoms with Crippen LogP contribution in [0.15, 0.2) is 43.5 Å². The molecule has 0 saturated heterocycles. The lowest BCUT2D eigenvalue weighted by molar-refractivity contribution is -0.0321. The number of fused-ring (bicyclic) bond motifs is 2. The minimum absolute atomic E-state index is 0.158. The van der Waals surface area contributed by atoms with Gasteiger partial charge in [0.05, 0.1) is 64.2 Å². The first-order valence-corrected chi connectivity index (χ1v) is 9.50. The van der Waals surface area contributed by atoms with Gasteiger partial charge >= 0.3 is 0 Å². The van der Waals surface area contributed by atoms with Crippen molar-refractivity contribution >= 4 is 0 Å². The van der Waals surface area contributed by atoms with Gasteiger partial charge in [-0.05, 0) is 25.0 Å². The third-order valence-electron chi connectivity index (χ3n) is 4.05. The fraction of sp³-hybridized carbons (Fsp3) is 0.571. The van der Waals surface area contributed by atoms with Gasteiger partial charge in [0.25, 0.3) is 0 Å². The predicted molar refractivity (Wildman–Crippen MR) is 104 cm³/mol. The molecule has 2 rings (SSSR count). The average molecular weight is 377 g/mol. The molecule has 1 aromatic rings. The smallest absolute Gasteiger partial charge is 0.103 e. The van der Waals surface area contributed by atoms with E-state index >= 15 is 0 Å². The van der Waals surface area contributed by atoms with E-state index in [1.807, 2.05) is 30.4 Å². The van der Waals surface area contributed by atoms with Crippen LogP contribution in [0.2, 0.25) is 0 Å². The normalized spacial score (nSPS) is 23.7. The Bertz CT molecular complexity index is 508. The van der Waals surface area contributed by atoms with Crippen molar-refractivity contribution in [1.82, 2.24) is 4.98 Å². The summed E-state index contributed by atoms with van der Waals surface area (Å²) < 4.78 is 28.5. The molecule has 27 heavy (non-hydrogen) atoms. The molecule has 1 aliphatic rings. The molecule has 6 nitrogen and oxygen atoms in total. The fourth-order valence-corrected chi connectivity index (χ4v) is 2.72. The minimum Gasteiger partial charge on any atom is -0.377 e. The SMILES string of the molecule is C=CCC1OCCOCCOCCOCCOC(CC=C)c2cccc1n2. The summed E-state index contributed by atoms with van der Waals surface area (Å²) >= 11 is 0. The number of nitrogens with zero attached hydrogens (tertiary/aromatic N) is 1. The van der Waals surface area contributed by atoms with Crippen LogP contribution in [0.5, 0.6) is 0 Å². The highest BCUT2D eigenvalue weighted by atomic mass is 16.6. The summed E-state index contributed by atoms with van der Waals surface area (Å²) in [4.78, 5) is 4.79. The van der Waals surface area contributed by atoms with Gasteiger partial charge in [-0.2, -0.15) is 0 Å². The molecule has 0 spiro atoms. The van der Waals surface area contributed by atoms with Crippen LogP contribution in [-0.2, 0) is 23.7 Å². The van der Waals surface area contributed by atoms with E-state index < -0.39 is 0 Å². The van der Waals surface area contributed by atoms with E-state index in [-0.39, 0.29) is 12.2 Å². The van der Waals surface area contributed by atoms with Gasteiger partial charge in [-0.1, -0.05) is 18.2 Å². The maximum Gasteiger partial charge on any atom is 0.103 e. The Hall–Kier alpha value is -1.57. The van der Waals surface area contributed by atoms with Crippen molar-refractivity contribution in [3.05, 3.63) is 54.9 Å². The van der Waals surface area contributed by atoms with Crippen molar-refractivity contribution in [2.24, 2.45) is 0 Å². The van der Waals surface area contributed by atoms with Crippen molar-refractivity contribution in [3.8, 4) is 0 Å². The van der Waals surface area contributed by atoms with Gasteiger partial charge in [-0.15, -0.1) is 13.2 Å². The molecular formula is C21H31NO5. The molecule has 0 amide bonds. The van der Waals surface area contributed by atoms with E-state index in [1.54, 1.807) is 0 Å². The summed E-state index contributed by atoms with van der Waals surface area (Å²) in [5.74, 6) is 0. The summed E-state index contributed by atoms with van der Waals surface area (Å²) in [5, 5.41) is 0. The van der Waals surface area contributed by atoms with E-state index in [9.17, 15) is 0 Å². The number of rotatable bonds is 4. The Morgan fingerprint density at radius 1 is 0.741 bits per heavy atom. The highest BCUT2D eigenvalue weighted by Crippen LogP contribution is 2.25. The molecule has 0 fully saturated rings. The van der Waals surface area contributed by atoms with Crippen molar-refractivity contribution in [2.45, 2.75) is 25.0 Å². The second-order valence-corrected chi connectivity index (χ2v) is 6.09. The number of hydrogen-bond donors (Lipinski definition) is 0. The Balaban J connectivity index is 2.10. The van der Waals surface area contributed by atoms with Crippen molar-refractivity contribution in [2.75, 3.05) is 52.9 Å². The summed E-state index contributed by atoms with van der Waals surface area (Å²) in [6.45, 7) is 11.8. The highest BCUT2D eigenvalue weighted by Gasteiger charge is 2.17. The Kier molecular flexibility index (Phi) is 10.9. The maximum absolute atomic E-state index is 5.98. The van der Waals surface area contributed by atoms with E-state index in [0.717, 1.165) is 11.4 Å². The van der Waals surface area contributed by atoms with Crippen LogP contribution in [0.1, 0.15) is 36.4 Å². The monoisotopic (exact) mass is 377 g/mol. The molecular weight excluding hydrogens is 346 g/mol. The molecule has 1 aromatic heterocycles. The van der Waals surface area contributed by atoms with Gasteiger partial charge in [0.2, 0.25) is 0 Å². The van der Waals surface area contributed by atoms with Crippen LogP contribution in [0.3, 0.4) is 0 Å². The first-order valence-electron chi connectivity index (χ1n) is 9.50. The summed E-state index contributed by atoms with van der Waals surface area (Å²) in [6, 6.07) is 5.93. The molecule has 2 bridgehead atoms. The fourth-order valence-electron chi connectivity index (χ4n) is 2.72. The molecule has 2 atom stereocenters. The summed E-state index contributed by atoms with van der Waals surface area (Å²) in [5.41, 5.74) is 1.73. The Labute approximate surface area is 162 Å². The van der Waals surface area contributed by atoms with Crippen LogP contribution in [0, 0.1) is 0 Å². The first kappa shape index (κ1) is 21.7. The largest absolute Gasteiger partial charge is 0.377 e. The zero-order chi connectivity index (χ0) is 19.2. The summed E-state index contributed by atoms with van der Waals surface area (Å²) in [6.07, 6.45) is 4.73. The number of hydrogen-bond acceptors (Lipinski definition) is 6. The number of ether oxygens (including phenoxy) is 5.